The van der Waals surface area contributed by atoms with Gasteiger partial charge in [0.05, 0.1) is 16.7 Å². The lowest BCUT2D eigenvalue weighted by atomic mass is 9.84. The van der Waals surface area contributed by atoms with Crippen LogP contribution in [-0.2, 0) is 0 Å². The van der Waals surface area contributed by atoms with Crippen molar-refractivity contribution in [2.45, 2.75) is 0 Å². The fraction of sp³-hybridized carbons (Fsp3) is 0. The van der Waals surface area contributed by atoms with E-state index in [1.165, 1.54) is 55.2 Å². The Hall–Kier alpha value is -9.18. The highest BCUT2D eigenvalue weighted by molar-refractivity contribution is 6.11. The maximum absolute atomic E-state index is 6.53. The largest absolute Gasteiger partial charge is 0.455 e. The van der Waals surface area contributed by atoms with Crippen LogP contribution in [0.5, 0.6) is 0 Å². The first-order valence-electron chi connectivity index (χ1n) is 23.6. The summed E-state index contributed by atoms with van der Waals surface area (Å²) in [5.74, 6) is 0. The van der Waals surface area contributed by atoms with Crippen molar-refractivity contribution < 1.29 is 4.42 Å². The predicted octanol–water partition coefficient (Wildman–Crippen LogP) is 18.5. The summed E-state index contributed by atoms with van der Waals surface area (Å²) in [6.07, 6.45) is 0. The van der Waals surface area contributed by atoms with Gasteiger partial charge >= 0.3 is 0 Å². The van der Waals surface area contributed by atoms with Crippen molar-refractivity contribution >= 4 is 60.8 Å². The molecule has 3 nitrogen and oxygen atoms in total. The van der Waals surface area contributed by atoms with Gasteiger partial charge in [-0.25, -0.2) is 0 Å². The van der Waals surface area contributed by atoms with Crippen LogP contribution in [0.25, 0.3) is 105 Å². The van der Waals surface area contributed by atoms with E-state index in [1.54, 1.807) is 0 Å². The summed E-state index contributed by atoms with van der Waals surface area (Å²) in [5, 5.41) is 4.73. The van der Waals surface area contributed by atoms with Crippen LogP contribution in [0, 0.1) is 0 Å². The minimum Gasteiger partial charge on any atom is -0.455 e. The first-order valence-corrected chi connectivity index (χ1v) is 23.6. The molecule has 3 heteroatoms. The van der Waals surface area contributed by atoms with E-state index < -0.39 is 0 Å². The SMILES string of the molecule is c1ccc(-c2ccccc2-c2c(-c3ccccc3)cccc2-c2ccccc2N(c2ccc(-c3cccc4c3oc3ccccc34)cc2)c2ccc(-n3c4ccccc4c4ccccc43)cc2)cc1. The van der Waals surface area contributed by atoms with E-state index >= 15 is 0 Å². The molecule has 324 valence electrons. The summed E-state index contributed by atoms with van der Waals surface area (Å²) in [7, 11) is 0. The van der Waals surface area contributed by atoms with Crippen LogP contribution in [0.4, 0.5) is 17.1 Å². The van der Waals surface area contributed by atoms with Crippen molar-refractivity contribution in [3.63, 3.8) is 0 Å². The molecule has 0 aliphatic rings. The number of anilines is 3. The fourth-order valence-electron chi connectivity index (χ4n) is 10.5. The molecule has 0 bridgehead atoms. The molecule has 13 aromatic rings. The lowest BCUT2D eigenvalue weighted by Gasteiger charge is -2.29. The summed E-state index contributed by atoms with van der Waals surface area (Å²) >= 11 is 0. The van der Waals surface area contributed by atoms with Crippen LogP contribution in [0.1, 0.15) is 0 Å². The monoisotopic (exact) mass is 880 g/mol. The average molecular weight is 881 g/mol. The Kier molecular flexibility index (Phi) is 9.84. The van der Waals surface area contributed by atoms with Crippen molar-refractivity contribution in [1.82, 2.24) is 4.57 Å². The molecule has 0 N–H and O–H groups in total. The minimum atomic E-state index is 0.894. The summed E-state index contributed by atoms with van der Waals surface area (Å²) in [6.45, 7) is 0. The number of benzene rings is 11. The van der Waals surface area contributed by atoms with Gasteiger partial charge < -0.3 is 13.9 Å². The molecule has 0 saturated carbocycles. The summed E-state index contributed by atoms with van der Waals surface area (Å²) in [5.41, 5.74) is 19.9. The zero-order chi connectivity index (χ0) is 45.7. The third-order valence-corrected chi connectivity index (χ3v) is 13.7. The van der Waals surface area contributed by atoms with Crippen molar-refractivity contribution in [3.8, 4) is 61.3 Å². The Morgan fingerprint density at radius 2 is 0.754 bits per heavy atom. The number of fused-ring (bicyclic) bond motifs is 6. The number of hydrogen-bond acceptors (Lipinski definition) is 2. The second-order valence-electron chi connectivity index (χ2n) is 17.6. The molecule has 13 rings (SSSR count). The van der Waals surface area contributed by atoms with Crippen LogP contribution in [0.2, 0.25) is 0 Å². The standard InChI is InChI=1S/C66H44N2O/c1-3-19-45(20-4-1)51-23-7-8-28-58(51)65-52(46-21-5-2-6-22-46)29-17-31-59(65)56-26-11-13-33-61(56)67(48-39-37-47(38-40-48)53-30-18-32-60-57-27-12-16-36-64(57)69-66(53)60)49-41-43-50(44-42-49)68-62-34-14-9-24-54(62)55-25-10-15-35-63(55)68/h1-44H. The zero-order valence-electron chi connectivity index (χ0n) is 37.7. The molecule has 0 fully saturated rings. The fourth-order valence-corrected chi connectivity index (χ4v) is 10.5. The Morgan fingerprint density at radius 1 is 0.290 bits per heavy atom. The Balaban J connectivity index is 1.01. The van der Waals surface area contributed by atoms with Crippen LogP contribution in [0.15, 0.2) is 271 Å². The van der Waals surface area contributed by atoms with Gasteiger partial charge in [-0.2, -0.15) is 0 Å². The smallest absolute Gasteiger partial charge is 0.143 e. The van der Waals surface area contributed by atoms with Gasteiger partial charge in [-0.1, -0.05) is 206 Å². The van der Waals surface area contributed by atoms with Gasteiger partial charge in [-0.3, -0.25) is 0 Å². The van der Waals surface area contributed by atoms with E-state index in [9.17, 15) is 0 Å². The third kappa shape index (κ3) is 6.91. The van der Waals surface area contributed by atoms with Crippen LogP contribution >= 0.6 is 0 Å². The molecular formula is C66H44N2O. The Morgan fingerprint density at radius 3 is 1.45 bits per heavy atom. The number of nitrogens with zero attached hydrogens (tertiary/aromatic N) is 2. The highest BCUT2D eigenvalue weighted by atomic mass is 16.3. The predicted molar refractivity (Wildman–Crippen MR) is 290 cm³/mol. The van der Waals surface area contributed by atoms with E-state index in [4.69, 9.17) is 4.42 Å². The van der Waals surface area contributed by atoms with Gasteiger partial charge in [-0.15, -0.1) is 0 Å². The lowest BCUT2D eigenvalue weighted by molar-refractivity contribution is 0.670. The van der Waals surface area contributed by atoms with E-state index in [0.29, 0.717) is 0 Å². The van der Waals surface area contributed by atoms with Gasteiger partial charge in [0.25, 0.3) is 0 Å². The first kappa shape index (κ1) is 40.1. The quantitative estimate of drug-likeness (QED) is 0.144. The van der Waals surface area contributed by atoms with Gasteiger partial charge in [0.1, 0.15) is 11.2 Å². The van der Waals surface area contributed by atoms with Crippen molar-refractivity contribution in [2.75, 3.05) is 4.90 Å². The molecule has 2 heterocycles. The summed E-state index contributed by atoms with van der Waals surface area (Å²) < 4.78 is 8.91. The number of hydrogen-bond donors (Lipinski definition) is 0. The molecule has 11 aromatic carbocycles. The van der Waals surface area contributed by atoms with Crippen molar-refractivity contribution in [1.29, 1.82) is 0 Å². The van der Waals surface area contributed by atoms with Crippen molar-refractivity contribution in [3.05, 3.63) is 267 Å². The van der Waals surface area contributed by atoms with Crippen LogP contribution in [-0.4, -0.2) is 4.57 Å². The topological polar surface area (TPSA) is 21.3 Å². The molecule has 0 amide bonds. The molecule has 0 aliphatic heterocycles. The van der Waals surface area contributed by atoms with E-state index in [1.807, 2.05) is 12.1 Å². The normalized spacial score (nSPS) is 11.5. The zero-order valence-corrected chi connectivity index (χ0v) is 37.7. The third-order valence-electron chi connectivity index (χ3n) is 13.7. The van der Waals surface area contributed by atoms with Gasteiger partial charge in [-0.05, 0) is 105 Å². The highest BCUT2D eigenvalue weighted by Gasteiger charge is 2.23. The molecule has 0 atom stereocenters. The Bertz CT molecular complexity index is 3940. The van der Waals surface area contributed by atoms with E-state index in [-0.39, 0.29) is 0 Å². The summed E-state index contributed by atoms with van der Waals surface area (Å²) in [4.78, 5) is 2.42. The molecule has 0 aliphatic carbocycles. The first-order chi connectivity index (χ1) is 34.3. The van der Waals surface area contributed by atoms with E-state index in [0.717, 1.165) is 66.9 Å². The number of rotatable bonds is 9. The minimum absolute atomic E-state index is 0.894. The molecule has 0 spiro atoms. The Labute approximate surface area is 401 Å². The van der Waals surface area contributed by atoms with Gasteiger partial charge in [0.2, 0.25) is 0 Å². The van der Waals surface area contributed by atoms with Gasteiger partial charge in [0, 0.05) is 49.7 Å². The van der Waals surface area contributed by atoms with Crippen LogP contribution in [0.3, 0.4) is 0 Å². The maximum Gasteiger partial charge on any atom is 0.143 e. The van der Waals surface area contributed by atoms with E-state index in [2.05, 4.69) is 264 Å². The number of aromatic nitrogens is 1. The second-order valence-corrected chi connectivity index (χ2v) is 17.6. The highest BCUT2D eigenvalue weighted by Crippen LogP contribution is 2.49. The number of furan rings is 1. The maximum atomic E-state index is 6.53. The molecule has 0 radical (unpaired) electrons. The average Bonchev–Trinajstić information content (AvgIpc) is 3.98. The lowest BCUT2D eigenvalue weighted by Crippen LogP contribution is -2.11. The molecule has 2 aromatic heterocycles. The molecular weight excluding hydrogens is 837 g/mol. The second kappa shape index (κ2) is 16.9. The van der Waals surface area contributed by atoms with Crippen LogP contribution < -0.4 is 4.90 Å². The van der Waals surface area contributed by atoms with Crippen molar-refractivity contribution in [2.24, 2.45) is 0 Å². The van der Waals surface area contributed by atoms with Gasteiger partial charge in [0.15, 0.2) is 0 Å². The number of para-hydroxylation sites is 5. The molecule has 0 saturated heterocycles. The molecule has 0 unspecified atom stereocenters. The molecule has 69 heavy (non-hydrogen) atoms. The summed E-state index contributed by atoms with van der Waals surface area (Å²) in [6, 6.07) is 96.2.